The SMILES string of the molecule is C=C[C@H]1CN(C(=O)[C@@H](NC(=O)c2sc(-c3cccnc3)nc2C)C2=CCCCC2)[C@@H]2C(=O)CO[C@@H]21. The zero-order chi connectivity index (χ0) is 24.5. The summed E-state index contributed by atoms with van der Waals surface area (Å²) in [6, 6.07) is 2.26. The number of aromatic nitrogens is 2. The maximum atomic E-state index is 13.9. The number of ketones is 1. The van der Waals surface area contributed by atoms with Crippen LogP contribution in [-0.4, -0.2) is 63.8 Å². The van der Waals surface area contributed by atoms with Gasteiger partial charge >= 0.3 is 0 Å². The number of Topliss-reactive ketones (excluding diaryl/α,β-unsaturated/α-hetero) is 1. The Kier molecular flexibility index (Phi) is 6.62. The van der Waals surface area contributed by atoms with Crippen LogP contribution in [0, 0.1) is 12.8 Å². The fourth-order valence-corrected chi connectivity index (χ4v) is 6.11. The fraction of sp³-hybridized carbons (Fsp3) is 0.423. The molecular formula is C26H28N4O4S. The summed E-state index contributed by atoms with van der Waals surface area (Å²) in [6.07, 6.45) is 10.4. The van der Waals surface area contributed by atoms with Crippen molar-refractivity contribution in [3.8, 4) is 10.6 Å². The number of likely N-dealkylation sites (tertiary alicyclic amines) is 1. The molecule has 4 atom stereocenters. The second-order valence-corrected chi connectivity index (χ2v) is 10.2. The fourth-order valence-electron chi connectivity index (χ4n) is 5.15. The van der Waals surface area contributed by atoms with Crippen molar-refractivity contribution in [2.24, 2.45) is 5.92 Å². The van der Waals surface area contributed by atoms with E-state index in [-0.39, 0.29) is 36.2 Å². The monoisotopic (exact) mass is 492 g/mol. The highest BCUT2D eigenvalue weighted by Crippen LogP contribution is 2.34. The number of nitrogens with one attached hydrogen (secondary N) is 1. The number of carbonyl (C=O) groups is 3. The lowest BCUT2D eigenvalue weighted by Crippen LogP contribution is -2.53. The Morgan fingerprint density at radius 3 is 2.94 bits per heavy atom. The Hall–Kier alpha value is -3.17. The van der Waals surface area contributed by atoms with E-state index in [1.165, 1.54) is 11.3 Å². The summed E-state index contributed by atoms with van der Waals surface area (Å²) in [4.78, 5) is 50.6. The maximum absolute atomic E-state index is 13.9. The van der Waals surface area contributed by atoms with Crippen molar-refractivity contribution in [2.45, 2.75) is 50.8 Å². The minimum absolute atomic E-state index is 0.000352. The molecule has 2 fully saturated rings. The molecule has 0 spiro atoms. The number of rotatable bonds is 6. The third-order valence-electron chi connectivity index (χ3n) is 6.94. The Labute approximate surface area is 208 Å². The van der Waals surface area contributed by atoms with E-state index in [2.05, 4.69) is 27.9 Å². The summed E-state index contributed by atoms with van der Waals surface area (Å²) in [7, 11) is 0. The highest BCUT2D eigenvalue weighted by atomic mass is 32.1. The zero-order valence-corrected chi connectivity index (χ0v) is 20.4. The highest BCUT2D eigenvalue weighted by Gasteiger charge is 2.52. The predicted octanol–water partition coefficient (Wildman–Crippen LogP) is 3.09. The predicted molar refractivity (Wildman–Crippen MR) is 132 cm³/mol. The minimum atomic E-state index is -0.830. The molecule has 2 aromatic heterocycles. The van der Waals surface area contributed by atoms with Crippen molar-refractivity contribution in [1.29, 1.82) is 0 Å². The van der Waals surface area contributed by atoms with Gasteiger partial charge in [-0.2, -0.15) is 0 Å². The first kappa shape index (κ1) is 23.6. The van der Waals surface area contributed by atoms with Crippen molar-refractivity contribution >= 4 is 28.9 Å². The molecular weight excluding hydrogens is 464 g/mol. The molecule has 8 nitrogen and oxygen atoms in total. The molecule has 0 aromatic carbocycles. The number of pyridine rings is 1. The molecule has 4 heterocycles. The summed E-state index contributed by atoms with van der Waals surface area (Å²) in [5.74, 6) is -0.822. The molecule has 182 valence electrons. The van der Waals surface area contributed by atoms with Crippen LogP contribution in [0.25, 0.3) is 10.6 Å². The molecule has 9 heteroatoms. The van der Waals surface area contributed by atoms with Gasteiger partial charge in [0.05, 0.1) is 11.8 Å². The molecule has 35 heavy (non-hydrogen) atoms. The first-order valence-electron chi connectivity index (χ1n) is 11.9. The molecule has 3 aliphatic rings. The molecule has 0 bridgehead atoms. The number of fused-ring (bicyclic) bond motifs is 1. The standard InChI is InChI=1S/C26H28N4O4S/c1-3-16-13-30(21-19(31)14-34-22(16)21)26(33)20(17-8-5-4-6-9-17)29-24(32)23-15(2)28-25(35-23)18-10-7-11-27-12-18/h3,7-8,10-12,16,20-22H,1,4-6,9,13-14H2,2H3,(H,29,32)/t16-,20-,21+,22+/m0/s1. The largest absolute Gasteiger partial charge is 0.367 e. The summed E-state index contributed by atoms with van der Waals surface area (Å²) in [5.41, 5.74) is 2.33. The minimum Gasteiger partial charge on any atom is -0.367 e. The van der Waals surface area contributed by atoms with Crippen LogP contribution < -0.4 is 5.32 Å². The number of ether oxygens (including phenoxy) is 1. The number of hydrogen-bond donors (Lipinski definition) is 1. The number of allylic oxidation sites excluding steroid dienone is 1. The van der Waals surface area contributed by atoms with Crippen LogP contribution in [-0.2, 0) is 14.3 Å². The average molecular weight is 493 g/mol. The lowest BCUT2D eigenvalue weighted by Gasteiger charge is -2.30. The number of hydrogen-bond acceptors (Lipinski definition) is 7. The molecule has 0 unspecified atom stereocenters. The van der Waals surface area contributed by atoms with Crippen LogP contribution in [0.2, 0.25) is 0 Å². The molecule has 1 N–H and O–H groups in total. The second kappa shape index (κ2) is 9.83. The van der Waals surface area contributed by atoms with E-state index in [0.717, 1.165) is 36.8 Å². The molecule has 0 saturated carbocycles. The van der Waals surface area contributed by atoms with Crippen LogP contribution in [0.1, 0.15) is 41.0 Å². The van der Waals surface area contributed by atoms with Crippen LogP contribution in [0.4, 0.5) is 0 Å². The van der Waals surface area contributed by atoms with Crippen LogP contribution in [0.15, 0.2) is 48.8 Å². The van der Waals surface area contributed by atoms with Crippen molar-refractivity contribution in [2.75, 3.05) is 13.2 Å². The summed E-state index contributed by atoms with van der Waals surface area (Å²) in [6.45, 7) is 6.00. The third-order valence-corrected chi connectivity index (χ3v) is 8.15. The van der Waals surface area contributed by atoms with Gasteiger partial charge in [0.1, 0.15) is 28.6 Å². The van der Waals surface area contributed by atoms with E-state index in [0.29, 0.717) is 22.1 Å². The summed E-state index contributed by atoms with van der Waals surface area (Å²) in [5, 5.41) is 3.69. The van der Waals surface area contributed by atoms with Crippen molar-refractivity contribution in [3.05, 3.63) is 59.4 Å². The van der Waals surface area contributed by atoms with Crippen LogP contribution in [0.5, 0.6) is 0 Å². The third kappa shape index (κ3) is 4.46. The number of thiazole rings is 1. The van der Waals surface area contributed by atoms with E-state index in [1.54, 1.807) is 30.3 Å². The van der Waals surface area contributed by atoms with E-state index in [9.17, 15) is 14.4 Å². The number of carbonyl (C=O) groups excluding carboxylic acids is 3. The topological polar surface area (TPSA) is 101 Å². The lowest BCUT2D eigenvalue weighted by molar-refractivity contribution is -0.137. The molecule has 2 amide bonds. The van der Waals surface area contributed by atoms with E-state index in [4.69, 9.17) is 4.74 Å². The first-order valence-corrected chi connectivity index (χ1v) is 12.7. The van der Waals surface area contributed by atoms with Gasteiger partial charge in [-0.1, -0.05) is 12.2 Å². The highest BCUT2D eigenvalue weighted by molar-refractivity contribution is 7.17. The van der Waals surface area contributed by atoms with Crippen LogP contribution in [0.3, 0.4) is 0 Å². The van der Waals surface area contributed by atoms with Gasteiger partial charge in [0, 0.05) is 30.4 Å². The van der Waals surface area contributed by atoms with Crippen molar-refractivity contribution in [3.63, 3.8) is 0 Å². The molecule has 1 aliphatic carbocycles. The van der Waals surface area contributed by atoms with Gasteiger partial charge in [-0.05, 0) is 50.3 Å². The lowest BCUT2D eigenvalue weighted by atomic mass is 9.92. The smallest absolute Gasteiger partial charge is 0.264 e. The zero-order valence-electron chi connectivity index (χ0n) is 19.6. The quantitative estimate of drug-likeness (QED) is 0.622. The summed E-state index contributed by atoms with van der Waals surface area (Å²) >= 11 is 1.28. The number of aryl methyl sites for hydroxylation is 1. The Morgan fingerprint density at radius 2 is 2.23 bits per heavy atom. The van der Waals surface area contributed by atoms with Gasteiger partial charge in [-0.25, -0.2) is 4.98 Å². The normalized spacial score (nSPS) is 24.6. The van der Waals surface area contributed by atoms with Gasteiger partial charge in [-0.3, -0.25) is 19.4 Å². The maximum Gasteiger partial charge on any atom is 0.264 e. The Balaban J connectivity index is 1.42. The Bertz CT molecular complexity index is 1190. The average Bonchev–Trinajstić information content (AvgIpc) is 3.58. The van der Waals surface area contributed by atoms with Crippen molar-refractivity contribution < 1.29 is 19.1 Å². The molecule has 2 saturated heterocycles. The number of nitrogens with zero attached hydrogens (tertiary/aromatic N) is 3. The van der Waals surface area contributed by atoms with Gasteiger partial charge in [0.2, 0.25) is 5.91 Å². The molecule has 2 aromatic rings. The Morgan fingerprint density at radius 1 is 1.37 bits per heavy atom. The van der Waals surface area contributed by atoms with E-state index < -0.39 is 12.1 Å². The van der Waals surface area contributed by atoms with Crippen molar-refractivity contribution in [1.82, 2.24) is 20.2 Å². The van der Waals surface area contributed by atoms with Gasteiger partial charge in [-0.15, -0.1) is 17.9 Å². The van der Waals surface area contributed by atoms with Gasteiger partial charge < -0.3 is 15.0 Å². The number of amides is 2. The molecule has 0 radical (unpaired) electrons. The van der Waals surface area contributed by atoms with E-state index in [1.807, 2.05) is 12.1 Å². The second-order valence-electron chi connectivity index (χ2n) is 9.18. The van der Waals surface area contributed by atoms with E-state index >= 15 is 0 Å². The van der Waals surface area contributed by atoms with Gasteiger partial charge in [0.15, 0.2) is 5.78 Å². The first-order chi connectivity index (χ1) is 17.0. The molecule has 5 rings (SSSR count). The summed E-state index contributed by atoms with van der Waals surface area (Å²) < 4.78 is 5.68. The van der Waals surface area contributed by atoms with Gasteiger partial charge in [0.25, 0.3) is 5.91 Å². The van der Waals surface area contributed by atoms with Crippen LogP contribution >= 0.6 is 11.3 Å². The molecule has 2 aliphatic heterocycles.